The molecule has 0 heterocycles. The van der Waals surface area contributed by atoms with Crippen LogP contribution in [0.15, 0.2) is 0 Å². The lowest BCUT2D eigenvalue weighted by Crippen LogP contribution is -2.29. The predicted octanol–water partition coefficient (Wildman–Crippen LogP) is 2.68. The molecule has 0 saturated heterocycles. The van der Waals surface area contributed by atoms with Crippen molar-refractivity contribution in [1.82, 2.24) is 0 Å². The second kappa shape index (κ2) is 5.64. The molecule has 74 valence electrons. The molecule has 0 aliphatic heterocycles. The molecule has 1 atom stereocenters. The van der Waals surface area contributed by atoms with Crippen LogP contribution in [0.1, 0.15) is 46.0 Å². The van der Waals surface area contributed by atoms with Crippen LogP contribution in [0.4, 0.5) is 0 Å². The summed E-state index contributed by atoms with van der Waals surface area (Å²) >= 11 is 0. The van der Waals surface area contributed by atoms with Gasteiger partial charge in [-0.25, -0.2) is 0 Å². The van der Waals surface area contributed by atoms with Crippen molar-refractivity contribution in [3.8, 4) is 12.3 Å². The van der Waals surface area contributed by atoms with Crippen LogP contribution in [0.25, 0.3) is 0 Å². The molecule has 0 aromatic rings. The second-order valence-corrected chi connectivity index (χ2v) is 3.42. The second-order valence-electron chi connectivity index (χ2n) is 3.42. The molecule has 13 heavy (non-hydrogen) atoms. The van der Waals surface area contributed by atoms with Gasteiger partial charge < -0.3 is 5.11 Å². The third kappa shape index (κ3) is 3.10. The Morgan fingerprint density at radius 1 is 1.54 bits per heavy atom. The molecular formula is C11H18O2. The van der Waals surface area contributed by atoms with Crippen LogP contribution in [0.2, 0.25) is 0 Å². The summed E-state index contributed by atoms with van der Waals surface area (Å²) in [6.07, 6.45) is 8.79. The molecule has 0 aromatic heterocycles. The number of carbonyl (C=O) groups is 1. The van der Waals surface area contributed by atoms with Gasteiger partial charge in [0.1, 0.15) is 0 Å². The van der Waals surface area contributed by atoms with E-state index in [0.717, 1.165) is 12.8 Å². The number of unbranched alkanes of at least 4 members (excludes halogenated alkanes) is 1. The largest absolute Gasteiger partial charge is 0.481 e. The third-order valence-corrected chi connectivity index (χ3v) is 2.58. The summed E-state index contributed by atoms with van der Waals surface area (Å²) in [6, 6.07) is 0. The highest BCUT2D eigenvalue weighted by Gasteiger charge is 2.34. The van der Waals surface area contributed by atoms with Crippen LogP contribution in [0, 0.1) is 17.8 Å². The van der Waals surface area contributed by atoms with Crippen LogP contribution >= 0.6 is 0 Å². The summed E-state index contributed by atoms with van der Waals surface area (Å²) in [5.41, 5.74) is -0.676. The Balaban J connectivity index is 4.46. The van der Waals surface area contributed by atoms with Gasteiger partial charge in [-0.1, -0.05) is 26.7 Å². The van der Waals surface area contributed by atoms with Gasteiger partial charge in [0.2, 0.25) is 0 Å². The summed E-state index contributed by atoms with van der Waals surface area (Å²) < 4.78 is 0. The number of hydrogen-bond donors (Lipinski definition) is 1. The minimum absolute atomic E-state index is 0.346. The van der Waals surface area contributed by atoms with Gasteiger partial charge in [-0.15, -0.1) is 12.3 Å². The molecule has 0 saturated carbocycles. The Bertz CT molecular complexity index is 203. The molecule has 0 amide bonds. The fourth-order valence-electron chi connectivity index (χ4n) is 1.43. The summed E-state index contributed by atoms with van der Waals surface area (Å²) in [4.78, 5) is 11.1. The van der Waals surface area contributed by atoms with Gasteiger partial charge in [-0.05, 0) is 12.8 Å². The summed E-state index contributed by atoms with van der Waals surface area (Å²) in [6.45, 7) is 3.94. The Morgan fingerprint density at radius 3 is 2.46 bits per heavy atom. The molecular weight excluding hydrogens is 164 g/mol. The number of hydrogen-bond acceptors (Lipinski definition) is 1. The molecule has 0 bridgehead atoms. The van der Waals surface area contributed by atoms with Crippen LogP contribution in [0.5, 0.6) is 0 Å². The highest BCUT2D eigenvalue weighted by molar-refractivity contribution is 5.74. The Labute approximate surface area is 80.3 Å². The molecule has 0 radical (unpaired) electrons. The molecule has 1 unspecified atom stereocenters. The number of carboxylic acids is 1. The first-order valence-electron chi connectivity index (χ1n) is 4.79. The number of aliphatic carboxylic acids is 1. The lowest BCUT2D eigenvalue weighted by Gasteiger charge is -2.25. The van der Waals surface area contributed by atoms with Crippen molar-refractivity contribution < 1.29 is 9.90 Å². The maximum atomic E-state index is 11.1. The predicted molar refractivity (Wildman–Crippen MR) is 53.3 cm³/mol. The molecule has 0 spiro atoms. The fourth-order valence-corrected chi connectivity index (χ4v) is 1.43. The van der Waals surface area contributed by atoms with Crippen LogP contribution < -0.4 is 0 Å². The highest BCUT2D eigenvalue weighted by Crippen LogP contribution is 2.32. The molecule has 0 aliphatic rings. The van der Waals surface area contributed by atoms with E-state index in [2.05, 4.69) is 12.8 Å². The maximum absolute atomic E-state index is 11.1. The van der Waals surface area contributed by atoms with Crippen molar-refractivity contribution in [3.05, 3.63) is 0 Å². The van der Waals surface area contributed by atoms with Gasteiger partial charge in [-0.2, -0.15) is 0 Å². The molecule has 0 aromatic carbocycles. The van der Waals surface area contributed by atoms with E-state index in [9.17, 15) is 4.79 Å². The van der Waals surface area contributed by atoms with Crippen LogP contribution in [0.3, 0.4) is 0 Å². The first kappa shape index (κ1) is 12.0. The normalized spacial score (nSPS) is 14.5. The number of rotatable bonds is 6. The van der Waals surface area contributed by atoms with Crippen molar-refractivity contribution in [3.63, 3.8) is 0 Å². The van der Waals surface area contributed by atoms with Gasteiger partial charge in [0.25, 0.3) is 0 Å². The zero-order valence-electron chi connectivity index (χ0n) is 8.47. The van der Waals surface area contributed by atoms with E-state index in [-0.39, 0.29) is 0 Å². The zero-order chi connectivity index (χ0) is 10.3. The topological polar surface area (TPSA) is 37.3 Å². The molecule has 0 rings (SSSR count). The highest BCUT2D eigenvalue weighted by atomic mass is 16.4. The van der Waals surface area contributed by atoms with E-state index < -0.39 is 11.4 Å². The van der Waals surface area contributed by atoms with Crippen LogP contribution in [-0.4, -0.2) is 11.1 Å². The first-order valence-corrected chi connectivity index (χ1v) is 4.79. The van der Waals surface area contributed by atoms with Gasteiger partial charge in [0.05, 0.1) is 5.41 Å². The minimum atomic E-state index is -0.749. The lowest BCUT2D eigenvalue weighted by atomic mass is 9.78. The summed E-state index contributed by atoms with van der Waals surface area (Å²) in [5.74, 6) is 1.72. The van der Waals surface area contributed by atoms with E-state index in [1.165, 1.54) is 0 Å². The van der Waals surface area contributed by atoms with Crippen molar-refractivity contribution in [1.29, 1.82) is 0 Å². The monoisotopic (exact) mass is 182 g/mol. The molecule has 0 fully saturated rings. The van der Waals surface area contributed by atoms with Gasteiger partial charge in [0.15, 0.2) is 0 Å². The van der Waals surface area contributed by atoms with Gasteiger partial charge >= 0.3 is 5.97 Å². The van der Waals surface area contributed by atoms with Gasteiger partial charge in [0, 0.05) is 6.42 Å². The molecule has 1 N–H and O–H groups in total. The van der Waals surface area contributed by atoms with Crippen molar-refractivity contribution in [2.75, 3.05) is 0 Å². The van der Waals surface area contributed by atoms with E-state index in [4.69, 9.17) is 11.5 Å². The van der Waals surface area contributed by atoms with Crippen LogP contribution in [-0.2, 0) is 4.79 Å². The average Bonchev–Trinajstić information content (AvgIpc) is 2.12. The summed E-state index contributed by atoms with van der Waals surface area (Å²) in [7, 11) is 0. The molecule has 0 aliphatic carbocycles. The van der Waals surface area contributed by atoms with Crippen molar-refractivity contribution in [2.45, 2.75) is 46.0 Å². The third-order valence-electron chi connectivity index (χ3n) is 2.58. The maximum Gasteiger partial charge on any atom is 0.310 e. The van der Waals surface area contributed by atoms with Crippen molar-refractivity contribution in [2.24, 2.45) is 5.41 Å². The van der Waals surface area contributed by atoms with E-state index in [0.29, 0.717) is 19.3 Å². The SMILES string of the molecule is C#CCC(CC)(CCCC)C(=O)O. The molecule has 2 nitrogen and oxygen atoms in total. The lowest BCUT2D eigenvalue weighted by molar-refractivity contribution is -0.149. The Hall–Kier alpha value is -0.970. The minimum Gasteiger partial charge on any atom is -0.481 e. The van der Waals surface area contributed by atoms with E-state index in [1.807, 2.05) is 6.92 Å². The van der Waals surface area contributed by atoms with Gasteiger partial charge in [-0.3, -0.25) is 4.79 Å². The van der Waals surface area contributed by atoms with Crippen molar-refractivity contribution >= 4 is 5.97 Å². The molecule has 2 heteroatoms. The number of terminal acetylenes is 1. The standard InChI is InChI=1S/C11H18O2/c1-4-7-9-11(6-3,8-5-2)10(12)13/h2H,4,6-9H2,1,3H3,(H,12,13). The average molecular weight is 182 g/mol. The Morgan fingerprint density at radius 2 is 2.15 bits per heavy atom. The number of carboxylic acid groups (broad SMARTS) is 1. The fraction of sp³-hybridized carbons (Fsp3) is 0.727. The summed E-state index contributed by atoms with van der Waals surface area (Å²) in [5, 5.41) is 9.09. The zero-order valence-corrected chi connectivity index (χ0v) is 8.47. The smallest absolute Gasteiger partial charge is 0.310 e. The Kier molecular flexibility index (Phi) is 5.22. The first-order chi connectivity index (χ1) is 6.13. The quantitative estimate of drug-likeness (QED) is 0.641. The van der Waals surface area contributed by atoms with E-state index >= 15 is 0 Å². The van der Waals surface area contributed by atoms with E-state index in [1.54, 1.807) is 0 Å².